The standard InChI is InChI=1S/C16H15BrN2O2/c1-18-15(20)10-19-14-8-7-12(17)9-13(14)16(21)11-5-3-2-4-6-11/h2-9,19H,10H2,1H3,(H,18,20). The Kier molecular flexibility index (Phi) is 5.11. The Morgan fingerprint density at radius 3 is 2.48 bits per heavy atom. The Balaban J connectivity index is 2.31. The first-order valence-electron chi connectivity index (χ1n) is 6.45. The van der Waals surface area contributed by atoms with Gasteiger partial charge in [0.2, 0.25) is 5.91 Å². The van der Waals surface area contributed by atoms with Crippen LogP contribution in [0.3, 0.4) is 0 Å². The summed E-state index contributed by atoms with van der Waals surface area (Å²) in [5.41, 5.74) is 1.77. The van der Waals surface area contributed by atoms with E-state index in [1.807, 2.05) is 24.3 Å². The van der Waals surface area contributed by atoms with Crippen molar-refractivity contribution in [2.75, 3.05) is 18.9 Å². The first-order valence-corrected chi connectivity index (χ1v) is 7.25. The van der Waals surface area contributed by atoms with E-state index in [9.17, 15) is 9.59 Å². The minimum absolute atomic E-state index is 0.0868. The van der Waals surface area contributed by atoms with Crippen LogP contribution in [0.2, 0.25) is 0 Å². The molecule has 108 valence electrons. The second-order valence-electron chi connectivity index (χ2n) is 4.41. The quantitative estimate of drug-likeness (QED) is 0.818. The van der Waals surface area contributed by atoms with Crippen molar-refractivity contribution in [1.29, 1.82) is 0 Å². The number of hydrogen-bond donors (Lipinski definition) is 2. The van der Waals surface area contributed by atoms with Gasteiger partial charge in [-0.1, -0.05) is 46.3 Å². The lowest BCUT2D eigenvalue weighted by Gasteiger charge is -2.11. The van der Waals surface area contributed by atoms with Crippen LogP contribution in [-0.2, 0) is 4.79 Å². The van der Waals surface area contributed by atoms with Gasteiger partial charge in [-0.25, -0.2) is 0 Å². The molecule has 0 fully saturated rings. The van der Waals surface area contributed by atoms with Gasteiger partial charge < -0.3 is 10.6 Å². The average Bonchev–Trinajstić information content (AvgIpc) is 2.53. The van der Waals surface area contributed by atoms with E-state index in [1.54, 1.807) is 31.3 Å². The number of likely N-dealkylation sites (N-methyl/N-ethyl adjacent to an activating group) is 1. The summed E-state index contributed by atoms with van der Waals surface area (Å²) in [7, 11) is 1.57. The molecular formula is C16H15BrN2O2. The van der Waals surface area contributed by atoms with Gasteiger partial charge in [-0.3, -0.25) is 9.59 Å². The molecule has 0 saturated carbocycles. The molecule has 0 aliphatic rings. The molecule has 0 aliphatic carbocycles. The van der Waals surface area contributed by atoms with Crippen LogP contribution >= 0.6 is 15.9 Å². The van der Waals surface area contributed by atoms with E-state index in [2.05, 4.69) is 26.6 Å². The molecule has 0 bridgehead atoms. The van der Waals surface area contributed by atoms with Crippen molar-refractivity contribution in [2.45, 2.75) is 0 Å². The monoisotopic (exact) mass is 346 g/mol. The fraction of sp³-hybridized carbons (Fsp3) is 0.125. The first-order chi connectivity index (χ1) is 10.1. The molecule has 21 heavy (non-hydrogen) atoms. The number of ketones is 1. The predicted octanol–water partition coefficient (Wildman–Crippen LogP) is 2.84. The molecule has 0 unspecified atom stereocenters. The molecule has 0 atom stereocenters. The predicted molar refractivity (Wildman–Crippen MR) is 86.6 cm³/mol. The van der Waals surface area contributed by atoms with Crippen molar-refractivity contribution in [1.82, 2.24) is 5.32 Å². The van der Waals surface area contributed by atoms with Crippen molar-refractivity contribution in [3.05, 3.63) is 64.1 Å². The zero-order valence-electron chi connectivity index (χ0n) is 11.5. The molecule has 0 aliphatic heterocycles. The maximum Gasteiger partial charge on any atom is 0.239 e. The molecule has 0 aromatic heterocycles. The average molecular weight is 347 g/mol. The Hall–Kier alpha value is -2.14. The molecular weight excluding hydrogens is 332 g/mol. The highest BCUT2D eigenvalue weighted by atomic mass is 79.9. The van der Waals surface area contributed by atoms with Gasteiger partial charge in [0.25, 0.3) is 0 Å². The maximum atomic E-state index is 12.6. The number of nitrogens with one attached hydrogen (secondary N) is 2. The third kappa shape index (κ3) is 3.92. The first kappa shape index (κ1) is 15.3. The van der Waals surface area contributed by atoms with Gasteiger partial charge >= 0.3 is 0 Å². The Morgan fingerprint density at radius 2 is 1.81 bits per heavy atom. The summed E-state index contributed by atoms with van der Waals surface area (Å²) in [5, 5.41) is 5.52. The van der Waals surface area contributed by atoms with Crippen LogP contribution in [0.25, 0.3) is 0 Å². The zero-order chi connectivity index (χ0) is 15.2. The molecule has 2 N–H and O–H groups in total. The normalized spacial score (nSPS) is 10.0. The van der Waals surface area contributed by atoms with Crippen LogP contribution in [0, 0.1) is 0 Å². The van der Waals surface area contributed by atoms with E-state index in [4.69, 9.17) is 0 Å². The minimum atomic E-state index is -0.143. The number of amides is 1. The lowest BCUT2D eigenvalue weighted by Crippen LogP contribution is -2.26. The summed E-state index contributed by atoms with van der Waals surface area (Å²) < 4.78 is 0.812. The largest absolute Gasteiger partial charge is 0.376 e. The number of rotatable bonds is 5. The van der Waals surface area contributed by atoms with Crippen LogP contribution in [0.5, 0.6) is 0 Å². The van der Waals surface area contributed by atoms with E-state index in [1.165, 1.54) is 0 Å². The van der Waals surface area contributed by atoms with E-state index >= 15 is 0 Å². The molecule has 4 nitrogen and oxygen atoms in total. The summed E-state index contributed by atoms with van der Waals surface area (Å²) in [6.45, 7) is 0.118. The molecule has 5 heteroatoms. The van der Waals surface area contributed by atoms with Crippen LogP contribution < -0.4 is 10.6 Å². The van der Waals surface area contributed by atoms with E-state index in [-0.39, 0.29) is 18.2 Å². The summed E-state index contributed by atoms with van der Waals surface area (Å²) in [5.74, 6) is -0.229. The summed E-state index contributed by atoms with van der Waals surface area (Å²) >= 11 is 3.37. The van der Waals surface area contributed by atoms with Gasteiger partial charge in [0.15, 0.2) is 5.78 Å². The lowest BCUT2D eigenvalue weighted by molar-refractivity contribution is -0.118. The lowest BCUT2D eigenvalue weighted by atomic mass is 10.0. The van der Waals surface area contributed by atoms with Crippen LogP contribution in [0.15, 0.2) is 53.0 Å². The summed E-state index contributed by atoms with van der Waals surface area (Å²) in [6, 6.07) is 14.4. The smallest absolute Gasteiger partial charge is 0.239 e. The van der Waals surface area contributed by atoms with E-state index in [0.29, 0.717) is 16.8 Å². The minimum Gasteiger partial charge on any atom is -0.376 e. The van der Waals surface area contributed by atoms with Crippen molar-refractivity contribution in [3.8, 4) is 0 Å². The highest BCUT2D eigenvalue weighted by molar-refractivity contribution is 9.10. The number of carbonyl (C=O) groups is 2. The molecule has 2 rings (SSSR count). The Bertz CT molecular complexity index is 657. The van der Waals surface area contributed by atoms with E-state index < -0.39 is 0 Å². The van der Waals surface area contributed by atoms with Crippen molar-refractivity contribution >= 4 is 33.3 Å². The summed E-state index contributed by atoms with van der Waals surface area (Å²) in [6.07, 6.45) is 0. The van der Waals surface area contributed by atoms with Crippen molar-refractivity contribution < 1.29 is 9.59 Å². The van der Waals surface area contributed by atoms with Crippen molar-refractivity contribution in [2.24, 2.45) is 0 Å². The number of halogens is 1. The Labute approximate surface area is 131 Å². The summed E-state index contributed by atoms with van der Waals surface area (Å²) in [4.78, 5) is 23.9. The van der Waals surface area contributed by atoms with Gasteiger partial charge in [-0.15, -0.1) is 0 Å². The van der Waals surface area contributed by atoms with Crippen molar-refractivity contribution in [3.63, 3.8) is 0 Å². The third-order valence-corrected chi connectivity index (χ3v) is 3.47. The fourth-order valence-electron chi connectivity index (χ4n) is 1.87. The van der Waals surface area contributed by atoms with Gasteiger partial charge in [0, 0.05) is 28.3 Å². The molecule has 0 radical (unpaired) electrons. The molecule has 2 aromatic rings. The van der Waals surface area contributed by atoms with Crippen LogP contribution in [0.1, 0.15) is 15.9 Å². The third-order valence-electron chi connectivity index (χ3n) is 2.98. The Morgan fingerprint density at radius 1 is 1.10 bits per heavy atom. The number of anilines is 1. The molecule has 0 saturated heterocycles. The topological polar surface area (TPSA) is 58.2 Å². The SMILES string of the molecule is CNC(=O)CNc1ccc(Br)cc1C(=O)c1ccccc1. The van der Waals surface area contributed by atoms with Crippen LogP contribution in [0.4, 0.5) is 5.69 Å². The van der Waals surface area contributed by atoms with Crippen LogP contribution in [-0.4, -0.2) is 25.3 Å². The molecule has 2 aromatic carbocycles. The number of carbonyl (C=O) groups excluding carboxylic acids is 2. The zero-order valence-corrected chi connectivity index (χ0v) is 13.1. The van der Waals surface area contributed by atoms with Gasteiger partial charge in [-0.2, -0.15) is 0 Å². The number of hydrogen-bond acceptors (Lipinski definition) is 3. The second kappa shape index (κ2) is 7.04. The van der Waals surface area contributed by atoms with E-state index in [0.717, 1.165) is 4.47 Å². The fourth-order valence-corrected chi connectivity index (χ4v) is 2.23. The maximum absolute atomic E-state index is 12.6. The van der Waals surface area contributed by atoms with Gasteiger partial charge in [0.05, 0.1) is 6.54 Å². The number of benzene rings is 2. The van der Waals surface area contributed by atoms with Gasteiger partial charge in [-0.05, 0) is 18.2 Å². The second-order valence-corrected chi connectivity index (χ2v) is 5.33. The molecule has 0 spiro atoms. The van der Waals surface area contributed by atoms with Gasteiger partial charge in [0.1, 0.15) is 0 Å². The highest BCUT2D eigenvalue weighted by Crippen LogP contribution is 2.23. The highest BCUT2D eigenvalue weighted by Gasteiger charge is 2.14. The molecule has 1 amide bonds. The molecule has 0 heterocycles.